The molecule has 78 valence electrons. The molecule has 0 nitrogen and oxygen atoms in total. The highest BCUT2D eigenvalue weighted by Crippen LogP contribution is 2.19. The maximum atomic E-state index is 2.21. The fourth-order valence-electron chi connectivity index (χ4n) is 1.60. The quantitative estimate of drug-likeness (QED) is 0.687. The van der Waals surface area contributed by atoms with E-state index in [9.17, 15) is 0 Å². The fourth-order valence-corrected chi connectivity index (χ4v) is 1.96. The van der Waals surface area contributed by atoms with E-state index in [1.807, 2.05) is 6.07 Å². The molecule has 2 aromatic carbocycles. The van der Waals surface area contributed by atoms with Gasteiger partial charge in [-0.15, -0.1) is 0 Å². The van der Waals surface area contributed by atoms with Crippen LogP contribution in [0.25, 0.3) is 17.2 Å². The van der Waals surface area contributed by atoms with E-state index in [1.54, 1.807) is 0 Å². The van der Waals surface area contributed by atoms with E-state index in [-0.39, 0.29) is 0 Å². The summed E-state index contributed by atoms with van der Waals surface area (Å²) < 4.78 is 0. The van der Waals surface area contributed by atoms with Crippen molar-refractivity contribution in [2.24, 2.45) is 0 Å². The zero-order valence-corrected chi connectivity index (χ0v) is 10.4. The molecule has 0 saturated carbocycles. The molecule has 0 saturated heterocycles. The van der Waals surface area contributed by atoms with E-state index in [2.05, 4.69) is 66.9 Å². The fraction of sp³-hybridized carbons (Fsp3) is 0.0667. The maximum absolute atomic E-state index is 2.21. The third-order valence-corrected chi connectivity index (χ3v) is 2.96. The van der Waals surface area contributed by atoms with Gasteiger partial charge >= 0.3 is 0 Å². The molecule has 0 unspecified atom stereocenters. The van der Waals surface area contributed by atoms with Gasteiger partial charge in [0, 0.05) is 0 Å². The molecule has 0 amide bonds. The zero-order valence-electron chi connectivity index (χ0n) is 9.35. The van der Waals surface area contributed by atoms with Gasteiger partial charge in [0.05, 0.1) is 9.52 Å². The van der Waals surface area contributed by atoms with Gasteiger partial charge in [0.25, 0.3) is 0 Å². The SMILES string of the molecule is C[Si]C=Cc1ccc(-c2ccccc2)cc1. The molecule has 2 radical (unpaired) electrons. The van der Waals surface area contributed by atoms with E-state index in [0.29, 0.717) is 0 Å². The van der Waals surface area contributed by atoms with Crippen molar-refractivity contribution in [3.63, 3.8) is 0 Å². The van der Waals surface area contributed by atoms with Crippen LogP contribution < -0.4 is 0 Å². The minimum atomic E-state index is 0.873. The average Bonchev–Trinajstić information content (AvgIpc) is 2.38. The molecule has 0 atom stereocenters. The Balaban J connectivity index is 2.23. The summed E-state index contributed by atoms with van der Waals surface area (Å²) in [5.41, 5.74) is 6.03. The van der Waals surface area contributed by atoms with Crippen molar-refractivity contribution in [3.8, 4) is 11.1 Å². The minimum Gasteiger partial charge on any atom is -0.0985 e. The highest BCUT2D eigenvalue weighted by Gasteiger charge is 1.94. The molecule has 0 heterocycles. The largest absolute Gasteiger partial charge is 0.0985 e. The van der Waals surface area contributed by atoms with Gasteiger partial charge in [0.15, 0.2) is 0 Å². The molecule has 0 aliphatic rings. The Kier molecular flexibility index (Phi) is 3.73. The van der Waals surface area contributed by atoms with Crippen LogP contribution in [0.1, 0.15) is 5.56 Å². The van der Waals surface area contributed by atoms with Crippen LogP contribution >= 0.6 is 0 Å². The predicted octanol–water partition coefficient (Wildman–Crippen LogP) is 4.08. The lowest BCUT2D eigenvalue weighted by Crippen LogP contribution is -1.78. The van der Waals surface area contributed by atoms with Crippen molar-refractivity contribution in [1.29, 1.82) is 0 Å². The van der Waals surface area contributed by atoms with Gasteiger partial charge in [-0.05, 0) is 16.7 Å². The van der Waals surface area contributed by atoms with Crippen LogP contribution in [-0.2, 0) is 0 Å². The van der Waals surface area contributed by atoms with Gasteiger partial charge in [-0.3, -0.25) is 0 Å². The first-order chi connectivity index (χ1) is 7.90. The Labute approximate surface area is 99.5 Å². The van der Waals surface area contributed by atoms with Gasteiger partial charge < -0.3 is 0 Å². The second-order valence-electron chi connectivity index (χ2n) is 3.61. The third kappa shape index (κ3) is 2.71. The Morgan fingerprint density at radius 2 is 1.44 bits per heavy atom. The van der Waals surface area contributed by atoms with Crippen molar-refractivity contribution in [2.75, 3.05) is 0 Å². The van der Waals surface area contributed by atoms with E-state index in [0.717, 1.165) is 9.52 Å². The molecule has 0 aliphatic carbocycles. The van der Waals surface area contributed by atoms with Crippen LogP contribution in [-0.4, -0.2) is 9.52 Å². The minimum absolute atomic E-state index is 0.873. The maximum Gasteiger partial charge on any atom is 0.0668 e. The molecule has 1 heteroatoms. The summed E-state index contributed by atoms with van der Waals surface area (Å²) in [6.45, 7) is 2.18. The van der Waals surface area contributed by atoms with Crippen molar-refractivity contribution in [3.05, 3.63) is 65.9 Å². The van der Waals surface area contributed by atoms with Gasteiger partial charge in [0.2, 0.25) is 0 Å². The Bertz CT molecular complexity index is 455. The molecule has 0 bridgehead atoms. The van der Waals surface area contributed by atoms with E-state index in [4.69, 9.17) is 0 Å². The molecule has 0 spiro atoms. The van der Waals surface area contributed by atoms with Crippen molar-refractivity contribution >= 4 is 15.6 Å². The molecule has 0 N–H and O–H groups in total. The highest BCUT2D eigenvalue weighted by molar-refractivity contribution is 6.41. The molecule has 2 aromatic rings. The summed E-state index contributed by atoms with van der Waals surface area (Å²) >= 11 is 0. The predicted molar refractivity (Wildman–Crippen MR) is 72.5 cm³/mol. The highest BCUT2D eigenvalue weighted by atomic mass is 28.2. The third-order valence-electron chi connectivity index (χ3n) is 2.46. The lowest BCUT2D eigenvalue weighted by molar-refractivity contribution is 1.60. The topological polar surface area (TPSA) is 0 Å². The summed E-state index contributed by atoms with van der Waals surface area (Å²) in [5, 5.41) is 0. The van der Waals surface area contributed by atoms with E-state index < -0.39 is 0 Å². The van der Waals surface area contributed by atoms with Crippen LogP contribution in [0.4, 0.5) is 0 Å². The van der Waals surface area contributed by atoms with Crippen molar-refractivity contribution < 1.29 is 0 Å². The Morgan fingerprint density at radius 3 is 2.06 bits per heavy atom. The molecule has 0 aliphatic heterocycles. The lowest BCUT2D eigenvalue weighted by Gasteiger charge is -2.01. The summed E-state index contributed by atoms with van der Waals surface area (Å²) in [7, 11) is 0.873. The zero-order chi connectivity index (χ0) is 11.2. The molecule has 2 rings (SSSR count). The summed E-state index contributed by atoms with van der Waals surface area (Å²) in [6.07, 6.45) is 2.17. The van der Waals surface area contributed by atoms with Crippen molar-refractivity contribution in [1.82, 2.24) is 0 Å². The summed E-state index contributed by atoms with van der Waals surface area (Å²) in [6, 6.07) is 19.1. The van der Waals surface area contributed by atoms with Crippen LogP contribution in [0.15, 0.2) is 60.3 Å². The molecule has 0 fully saturated rings. The van der Waals surface area contributed by atoms with Crippen LogP contribution in [0.5, 0.6) is 0 Å². The van der Waals surface area contributed by atoms with Crippen LogP contribution in [0.3, 0.4) is 0 Å². The molecule has 0 aromatic heterocycles. The van der Waals surface area contributed by atoms with E-state index in [1.165, 1.54) is 16.7 Å². The van der Waals surface area contributed by atoms with E-state index >= 15 is 0 Å². The van der Waals surface area contributed by atoms with Crippen molar-refractivity contribution in [2.45, 2.75) is 6.55 Å². The number of rotatable bonds is 3. The standard InChI is InChI=1S/C15H14Si/c1-16-12-11-13-7-9-15(10-8-13)14-5-3-2-4-6-14/h2-12H,1H3. The molecular weight excluding hydrogens is 208 g/mol. The normalized spacial score (nSPS) is 10.8. The number of hydrogen-bond acceptors (Lipinski definition) is 0. The average molecular weight is 222 g/mol. The molecule has 16 heavy (non-hydrogen) atoms. The van der Waals surface area contributed by atoms with Crippen LogP contribution in [0.2, 0.25) is 6.55 Å². The number of benzene rings is 2. The summed E-state index contributed by atoms with van der Waals surface area (Å²) in [5.74, 6) is 0. The second kappa shape index (κ2) is 5.47. The van der Waals surface area contributed by atoms with Gasteiger partial charge in [-0.2, -0.15) is 0 Å². The second-order valence-corrected chi connectivity index (χ2v) is 4.52. The molecular formula is C15H14Si. The Morgan fingerprint density at radius 1 is 0.812 bits per heavy atom. The monoisotopic (exact) mass is 222 g/mol. The first-order valence-corrected chi connectivity index (χ1v) is 6.97. The van der Waals surface area contributed by atoms with Crippen LogP contribution in [0, 0.1) is 0 Å². The first-order valence-electron chi connectivity index (χ1n) is 5.39. The first kappa shape index (κ1) is 10.9. The smallest absolute Gasteiger partial charge is 0.0668 e. The van der Waals surface area contributed by atoms with Gasteiger partial charge in [0.1, 0.15) is 0 Å². The lowest BCUT2D eigenvalue weighted by atomic mass is 10.0. The number of hydrogen-bond donors (Lipinski definition) is 0. The van der Waals surface area contributed by atoms with Gasteiger partial charge in [-0.25, -0.2) is 0 Å². The summed E-state index contributed by atoms with van der Waals surface area (Å²) in [4.78, 5) is 0. The van der Waals surface area contributed by atoms with Gasteiger partial charge in [-0.1, -0.05) is 72.9 Å². The Hall–Kier alpha value is -1.60.